The molecule has 3 heterocycles. The molecule has 0 bridgehead atoms. The van der Waals surface area contributed by atoms with Crippen molar-refractivity contribution in [3.05, 3.63) is 139 Å². The van der Waals surface area contributed by atoms with E-state index in [9.17, 15) is 0 Å². The minimum Gasteiger partial charge on any atom is -0.387 e. The highest BCUT2D eigenvalue weighted by atomic mass is 15.0. The van der Waals surface area contributed by atoms with Gasteiger partial charge in [0, 0.05) is 24.6 Å². The number of hydrogen-bond acceptors (Lipinski definition) is 2. The van der Waals surface area contributed by atoms with E-state index in [2.05, 4.69) is 118 Å². The zero-order valence-corrected chi connectivity index (χ0v) is 19.3. The van der Waals surface area contributed by atoms with Crippen LogP contribution in [-0.2, 0) is 0 Å². The van der Waals surface area contributed by atoms with Gasteiger partial charge in [-0.2, -0.15) is 0 Å². The predicted molar refractivity (Wildman–Crippen MR) is 145 cm³/mol. The van der Waals surface area contributed by atoms with E-state index in [0.717, 1.165) is 12.2 Å². The van der Waals surface area contributed by atoms with E-state index in [1.165, 1.54) is 44.8 Å². The summed E-state index contributed by atoms with van der Waals surface area (Å²) in [6, 6.07) is 36.7. The van der Waals surface area contributed by atoms with Crippen LogP contribution in [0, 0.1) is 0 Å². The molecule has 168 valence electrons. The van der Waals surface area contributed by atoms with E-state index >= 15 is 0 Å². The maximum Gasteiger partial charge on any atom is 0.0535 e. The van der Waals surface area contributed by atoms with Gasteiger partial charge in [0.1, 0.15) is 0 Å². The third kappa shape index (κ3) is 4.20. The summed E-state index contributed by atoms with van der Waals surface area (Å²) in [4.78, 5) is 4.13. The molecule has 6 rings (SSSR count). The lowest BCUT2D eigenvalue weighted by atomic mass is 10.0. The van der Waals surface area contributed by atoms with Gasteiger partial charge in [0.05, 0.1) is 11.4 Å². The highest BCUT2D eigenvalue weighted by Gasteiger charge is 2.14. The second kappa shape index (κ2) is 9.32. The number of benzene rings is 3. The molecule has 1 aliphatic heterocycles. The Morgan fingerprint density at radius 3 is 1.74 bits per heavy atom. The van der Waals surface area contributed by atoms with Gasteiger partial charge in [0.2, 0.25) is 0 Å². The van der Waals surface area contributed by atoms with Crippen LogP contribution in [0.25, 0.3) is 44.9 Å². The smallest absolute Gasteiger partial charge is 0.0535 e. The number of dihydropyridines is 1. The molecule has 0 saturated carbocycles. The van der Waals surface area contributed by atoms with Gasteiger partial charge in [-0.25, -0.2) is 0 Å². The van der Waals surface area contributed by atoms with Crippen molar-refractivity contribution >= 4 is 5.57 Å². The number of nitrogens with one attached hydrogen (secondary N) is 1. The number of rotatable bonds is 5. The molecule has 3 nitrogen and oxygen atoms in total. The molecule has 0 aliphatic carbocycles. The lowest BCUT2D eigenvalue weighted by Gasteiger charge is -2.15. The minimum absolute atomic E-state index is 0.869. The molecule has 3 heteroatoms. The summed E-state index contributed by atoms with van der Waals surface area (Å²) in [6.07, 6.45) is 10.0. The average molecular weight is 452 g/mol. The largest absolute Gasteiger partial charge is 0.387 e. The number of aromatic nitrogens is 2. The van der Waals surface area contributed by atoms with Crippen molar-refractivity contribution in [2.24, 2.45) is 0 Å². The molecule has 0 atom stereocenters. The van der Waals surface area contributed by atoms with Crippen LogP contribution in [0.4, 0.5) is 0 Å². The molecule has 0 unspecified atom stereocenters. The fourth-order valence-corrected chi connectivity index (χ4v) is 4.62. The number of hydrogen-bond donors (Lipinski definition) is 1. The van der Waals surface area contributed by atoms with Crippen LogP contribution in [0.5, 0.6) is 0 Å². The van der Waals surface area contributed by atoms with Gasteiger partial charge in [-0.1, -0.05) is 72.8 Å². The summed E-state index contributed by atoms with van der Waals surface area (Å²) in [5.74, 6) is 0. The number of allylic oxidation sites excluding steroid dienone is 2. The fraction of sp³-hybridized carbons (Fsp3) is 0.0312. The van der Waals surface area contributed by atoms with Gasteiger partial charge in [-0.3, -0.25) is 4.98 Å². The Kier molecular flexibility index (Phi) is 5.57. The lowest BCUT2D eigenvalue weighted by Crippen LogP contribution is -2.08. The van der Waals surface area contributed by atoms with Crippen LogP contribution in [0.1, 0.15) is 5.56 Å². The summed E-state index contributed by atoms with van der Waals surface area (Å²) in [5, 5.41) is 3.22. The van der Waals surface area contributed by atoms with Crippen molar-refractivity contribution in [3.63, 3.8) is 0 Å². The molecule has 1 aliphatic rings. The van der Waals surface area contributed by atoms with Crippen molar-refractivity contribution in [1.29, 1.82) is 0 Å². The van der Waals surface area contributed by atoms with Crippen molar-refractivity contribution in [3.8, 4) is 39.3 Å². The fourth-order valence-electron chi connectivity index (χ4n) is 4.62. The molecule has 2 aromatic heterocycles. The minimum atomic E-state index is 0.869. The first-order chi connectivity index (χ1) is 17.4. The maximum atomic E-state index is 4.13. The monoisotopic (exact) mass is 451 g/mol. The molecular formula is C32H25N3. The average Bonchev–Trinajstić information content (AvgIpc) is 3.40. The highest BCUT2D eigenvalue weighted by molar-refractivity contribution is 5.78. The molecular weight excluding hydrogens is 426 g/mol. The zero-order valence-electron chi connectivity index (χ0n) is 19.3. The van der Waals surface area contributed by atoms with E-state index < -0.39 is 0 Å². The standard InChI is InChI=1S/C32H25N3/c1-2-4-30(5-3-1)35-31(28-10-6-24(7-11-28)26-16-20-33-21-17-26)14-15-32(35)29-12-8-25(9-13-29)27-18-22-34-23-19-27/h1-22,34H,23H2. The van der Waals surface area contributed by atoms with Crippen LogP contribution in [0.15, 0.2) is 134 Å². The number of pyridine rings is 1. The van der Waals surface area contributed by atoms with E-state index in [1.807, 2.05) is 30.7 Å². The quantitative estimate of drug-likeness (QED) is 0.302. The van der Waals surface area contributed by atoms with Gasteiger partial charge in [0.25, 0.3) is 0 Å². The maximum absolute atomic E-state index is 4.13. The first-order valence-corrected chi connectivity index (χ1v) is 11.9. The van der Waals surface area contributed by atoms with Crippen LogP contribution in [-0.4, -0.2) is 16.1 Å². The molecule has 0 spiro atoms. The normalized spacial score (nSPS) is 12.7. The second-order valence-corrected chi connectivity index (χ2v) is 8.57. The van der Waals surface area contributed by atoms with Crippen molar-refractivity contribution in [1.82, 2.24) is 14.9 Å². The SMILES string of the molecule is C1=CC(c2ccc(-c3ccc(-c4ccc(-c5ccncc5)cc4)n3-c3ccccc3)cc2)=CCN1. The lowest BCUT2D eigenvalue weighted by molar-refractivity contribution is 0.976. The Morgan fingerprint density at radius 1 is 0.571 bits per heavy atom. The Hall–Kier alpha value is -4.63. The van der Waals surface area contributed by atoms with Gasteiger partial charge in [0.15, 0.2) is 0 Å². The molecule has 3 aromatic carbocycles. The molecule has 5 aromatic rings. The summed E-state index contributed by atoms with van der Waals surface area (Å²) in [7, 11) is 0. The zero-order chi connectivity index (χ0) is 23.5. The number of nitrogens with zero attached hydrogens (tertiary/aromatic N) is 2. The van der Waals surface area contributed by atoms with E-state index in [1.54, 1.807) is 0 Å². The second-order valence-electron chi connectivity index (χ2n) is 8.57. The van der Waals surface area contributed by atoms with E-state index in [4.69, 9.17) is 0 Å². The van der Waals surface area contributed by atoms with Crippen molar-refractivity contribution in [2.75, 3.05) is 6.54 Å². The Balaban J connectivity index is 1.41. The van der Waals surface area contributed by atoms with E-state index in [0.29, 0.717) is 0 Å². The molecule has 1 N–H and O–H groups in total. The van der Waals surface area contributed by atoms with Gasteiger partial charge < -0.3 is 9.88 Å². The topological polar surface area (TPSA) is 29.9 Å². The third-order valence-electron chi connectivity index (χ3n) is 6.42. The van der Waals surface area contributed by atoms with Crippen LogP contribution in [0.3, 0.4) is 0 Å². The van der Waals surface area contributed by atoms with Crippen molar-refractivity contribution < 1.29 is 0 Å². The Morgan fingerprint density at radius 2 is 1.14 bits per heavy atom. The molecule has 35 heavy (non-hydrogen) atoms. The van der Waals surface area contributed by atoms with E-state index in [-0.39, 0.29) is 0 Å². The molecule has 0 fully saturated rings. The summed E-state index contributed by atoms with van der Waals surface area (Å²) >= 11 is 0. The summed E-state index contributed by atoms with van der Waals surface area (Å²) < 4.78 is 2.35. The van der Waals surface area contributed by atoms with Crippen LogP contribution in [0.2, 0.25) is 0 Å². The van der Waals surface area contributed by atoms with Gasteiger partial charge in [-0.05, 0) is 82.1 Å². The Labute approximate surface area is 205 Å². The summed E-state index contributed by atoms with van der Waals surface area (Å²) in [5.41, 5.74) is 10.7. The van der Waals surface area contributed by atoms with Gasteiger partial charge in [-0.15, -0.1) is 0 Å². The number of para-hydroxylation sites is 1. The van der Waals surface area contributed by atoms with Crippen LogP contribution < -0.4 is 5.32 Å². The van der Waals surface area contributed by atoms with Gasteiger partial charge >= 0.3 is 0 Å². The molecule has 0 saturated heterocycles. The predicted octanol–water partition coefficient (Wildman–Crippen LogP) is 7.37. The molecule has 0 amide bonds. The Bertz CT molecular complexity index is 1490. The highest BCUT2D eigenvalue weighted by Crippen LogP contribution is 2.34. The summed E-state index contributed by atoms with van der Waals surface area (Å²) in [6.45, 7) is 0.869. The molecule has 0 radical (unpaired) electrons. The first-order valence-electron chi connectivity index (χ1n) is 11.9. The first kappa shape index (κ1) is 20.9. The third-order valence-corrected chi connectivity index (χ3v) is 6.42. The van der Waals surface area contributed by atoms with Crippen molar-refractivity contribution in [2.45, 2.75) is 0 Å². The van der Waals surface area contributed by atoms with Crippen LogP contribution >= 0.6 is 0 Å².